The van der Waals surface area contributed by atoms with Crippen molar-refractivity contribution >= 4 is 11.6 Å². The van der Waals surface area contributed by atoms with Gasteiger partial charge in [-0.3, -0.25) is 5.32 Å². The topological polar surface area (TPSA) is 73.6 Å². The maximum Gasteiger partial charge on any atom is 0.182 e. The van der Waals surface area contributed by atoms with Gasteiger partial charge in [-0.05, 0) is 19.3 Å². The van der Waals surface area contributed by atoms with Crippen molar-refractivity contribution in [3.05, 3.63) is 11.9 Å². The lowest BCUT2D eigenvalue weighted by atomic mass is 9.87. The van der Waals surface area contributed by atoms with E-state index in [0.717, 1.165) is 18.3 Å². The zero-order valence-corrected chi connectivity index (χ0v) is 11.4. The van der Waals surface area contributed by atoms with Crippen LogP contribution in [0.2, 0.25) is 0 Å². The number of hydrogen-bond acceptors (Lipinski definition) is 5. The van der Waals surface area contributed by atoms with Crippen molar-refractivity contribution in [2.45, 2.75) is 45.4 Å². The van der Waals surface area contributed by atoms with Crippen LogP contribution in [0.15, 0.2) is 6.07 Å². The summed E-state index contributed by atoms with van der Waals surface area (Å²) in [6, 6.07) is 1.77. The largest absolute Gasteiger partial charge is 0.370 e. The molecule has 0 saturated heterocycles. The number of nitrogens with one attached hydrogen (secondary N) is 2. The third-order valence-corrected chi connectivity index (χ3v) is 3.61. The van der Waals surface area contributed by atoms with Crippen LogP contribution >= 0.6 is 0 Å². The summed E-state index contributed by atoms with van der Waals surface area (Å²) in [6.07, 6.45) is 9.98. The van der Waals surface area contributed by atoms with Gasteiger partial charge >= 0.3 is 0 Å². The first kappa shape index (κ1) is 13.6. The first-order valence-electron chi connectivity index (χ1n) is 7.02. The first-order chi connectivity index (χ1) is 9.28. The van der Waals surface area contributed by atoms with Crippen LogP contribution in [0, 0.1) is 24.3 Å². The minimum Gasteiger partial charge on any atom is -0.370 e. The van der Waals surface area contributed by atoms with E-state index < -0.39 is 0 Å². The summed E-state index contributed by atoms with van der Waals surface area (Å²) >= 11 is 0. The van der Waals surface area contributed by atoms with Gasteiger partial charge in [0, 0.05) is 12.6 Å². The minimum absolute atomic E-state index is 0.551. The van der Waals surface area contributed by atoms with Crippen LogP contribution in [-0.4, -0.2) is 16.5 Å². The second-order valence-electron chi connectivity index (χ2n) is 5.14. The van der Waals surface area contributed by atoms with E-state index in [2.05, 4.69) is 20.6 Å². The molecule has 0 radical (unpaired) electrons. The molecule has 1 aromatic heterocycles. The highest BCUT2D eigenvalue weighted by Crippen LogP contribution is 2.26. The van der Waals surface area contributed by atoms with Gasteiger partial charge in [-0.15, -0.1) is 0 Å². The normalized spacial score (nSPS) is 15.8. The van der Waals surface area contributed by atoms with E-state index in [9.17, 15) is 0 Å². The summed E-state index contributed by atoms with van der Waals surface area (Å²) in [6.45, 7) is 2.77. The number of aromatic nitrogens is 2. The van der Waals surface area contributed by atoms with E-state index in [1.54, 1.807) is 6.07 Å². The molecule has 2 rings (SSSR count). The van der Waals surface area contributed by atoms with Crippen molar-refractivity contribution in [1.29, 1.82) is 5.26 Å². The Bertz CT molecular complexity index is 446. The Morgan fingerprint density at radius 2 is 2.00 bits per heavy atom. The Kier molecular flexibility index (Phi) is 4.96. The fourth-order valence-electron chi connectivity index (χ4n) is 2.66. The Morgan fingerprint density at radius 3 is 2.74 bits per heavy atom. The summed E-state index contributed by atoms with van der Waals surface area (Å²) in [4.78, 5) is 8.46. The van der Waals surface area contributed by atoms with Crippen molar-refractivity contribution in [2.75, 3.05) is 17.2 Å². The van der Waals surface area contributed by atoms with Gasteiger partial charge in [0.2, 0.25) is 0 Å². The zero-order chi connectivity index (χ0) is 13.5. The molecule has 2 N–H and O–H groups in total. The molecule has 0 atom stereocenters. The van der Waals surface area contributed by atoms with Gasteiger partial charge in [0.05, 0.1) is 0 Å². The van der Waals surface area contributed by atoms with Gasteiger partial charge in [0.1, 0.15) is 17.5 Å². The number of nitriles is 1. The third kappa shape index (κ3) is 4.40. The molecule has 0 aromatic carbocycles. The smallest absolute Gasteiger partial charge is 0.182 e. The summed E-state index contributed by atoms with van der Waals surface area (Å²) in [7, 11) is 0. The van der Waals surface area contributed by atoms with Crippen LogP contribution in [0.5, 0.6) is 0 Å². The van der Waals surface area contributed by atoms with E-state index in [0.29, 0.717) is 11.6 Å². The van der Waals surface area contributed by atoms with Crippen molar-refractivity contribution < 1.29 is 0 Å². The monoisotopic (exact) mass is 259 g/mol. The molecular weight excluding hydrogens is 238 g/mol. The van der Waals surface area contributed by atoms with E-state index in [1.165, 1.54) is 38.5 Å². The van der Waals surface area contributed by atoms with Crippen LogP contribution < -0.4 is 10.6 Å². The number of anilines is 2. The van der Waals surface area contributed by atoms with Crippen molar-refractivity contribution in [1.82, 2.24) is 9.97 Å². The van der Waals surface area contributed by atoms with Crippen molar-refractivity contribution in [2.24, 2.45) is 5.92 Å². The number of nitrogens with zero attached hydrogens (tertiary/aromatic N) is 3. The summed E-state index contributed by atoms with van der Waals surface area (Å²) in [5.41, 5.74) is 0. The van der Waals surface area contributed by atoms with Gasteiger partial charge in [-0.2, -0.15) is 5.26 Å². The molecule has 5 nitrogen and oxygen atoms in total. The second kappa shape index (κ2) is 6.93. The molecule has 1 fully saturated rings. The van der Waals surface area contributed by atoms with Crippen LogP contribution in [-0.2, 0) is 0 Å². The molecule has 0 amide bonds. The zero-order valence-electron chi connectivity index (χ0n) is 11.4. The second-order valence-corrected chi connectivity index (χ2v) is 5.14. The predicted molar refractivity (Wildman–Crippen MR) is 75.7 cm³/mol. The Labute approximate surface area is 114 Å². The molecule has 102 valence electrons. The van der Waals surface area contributed by atoms with Gasteiger partial charge in [-0.25, -0.2) is 9.97 Å². The molecule has 19 heavy (non-hydrogen) atoms. The van der Waals surface area contributed by atoms with Gasteiger partial charge in [0.15, 0.2) is 6.19 Å². The average molecular weight is 259 g/mol. The van der Waals surface area contributed by atoms with Gasteiger partial charge in [-0.1, -0.05) is 32.1 Å². The molecule has 1 aliphatic rings. The molecule has 0 spiro atoms. The lowest BCUT2D eigenvalue weighted by molar-refractivity contribution is 0.345. The van der Waals surface area contributed by atoms with E-state index in [-0.39, 0.29) is 0 Å². The maximum absolute atomic E-state index is 8.61. The SMILES string of the molecule is Cc1nc(NC#N)cc(NCCC2CCCCC2)n1. The van der Waals surface area contributed by atoms with E-state index >= 15 is 0 Å². The van der Waals surface area contributed by atoms with Crippen LogP contribution in [0.4, 0.5) is 11.6 Å². The molecule has 1 aliphatic carbocycles. The molecule has 1 saturated carbocycles. The fourth-order valence-corrected chi connectivity index (χ4v) is 2.66. The molecule has 1 heterocycles. The van der Waals surface area contributed by atoms with Crippen LogP contribution in [0.25, 0.3) is 0 Å². The Morgan fingerprint density at radius 1 is 1.26 bits per heavy atom. The first-order valence-corrected chi connectivity index (χ1v) is 7.02. The highest BCUT2D eigenvalue weighted by molar-refractivity contribution is 5.49. The molecule has 0 bridgehead atoms. The molecule has 0 unspecified atom stereocenters. The number of aryl methyl sites for hydroxylation is 1. The standard InChI is InChI=1S/C14H21N5/c1-11-18-13(9-14(19-11)17-10-15)16-8-7-12-5-3-2-4-6-12/h9,12H,2-8H2,1H3,(H2,16,17,18,19). The summed E-state index contributed by atoms with van der Waals surface area (Å²) < 4.78 is 0. The minimum atomic E-state index is 0.551. The quantitative estimate of drug-likeness (QED) is 0.628. The van der Waals surface area contributed by atoms with Gasteiger partial charge < -0.3 is 5.32 Å². The molecule has 0 aliphatic heterocycles. The van der Waals surface area contributed by atoms with Crippen molar-refractivity contribution in [3.8, 4) is 6.19 Å². The summed E-state index contributed by atoms with van der Waals surface area (Å²) in [5.74, 6) is 2.87. The van der Waals surface area contributed by atoms with Crippen LogP contribution in [0.3, 0.4) is 0 Å². The Balaban J connectivity index is 1.83. The average Bonchev–Trinajstić information content (AvgIpc) is 2.40. The lowest BCUT2D eigenvalue weighted by Crippen LogP contribution is -2.13. The maximum atomic E-state index is 8.61. The van der Waals surface area contributed by atoms with E-state index in [4.69, 9.17) is 5.26 Å². The highest BCUT2D eigenvalue weighted by atomic mass is 15.1. The molecular formula is C14H21N5. The van der Waals surface area contributed by atoms with Crippen LogP contribution in [0.1, 0.15) is 44.3 Å². The highest BCUT2D eigenvalue weighted by Gasteiger charge is 2.12. The fraction of sp³-hybridized carbons (Fsp3) is 0.643. The molecule has 5 heteroatoms. The number of rotatable bonds is 5. The Hall–Kier alpha value is -1.83. The third-order valence-electron chi connectivity index (χ3n) is 3.61. The van der Waals surface area contributed by atoms with E-state index in [1.807, 2.05) is 13.1 Å². The number of hydrogen-bond donors (Lipinski definition) is 2. The molecule has 1 aromatic rings. The van der Waals surface area contributed by atoms with Crippen molar-refractivity contribution in [3.63, 3.8) is 0 Å². The van der Waals surface area contributed by atoms with Gasteiger partial charge in [0.25, 0.3) is 0 Å². The summed E-state index contributed by atoms with van der Waals surface area (Å²) in [5, 5.41) is 14.5. The lowest BCUT2D eigenvalue weighted by Gasteiger charge is -2.21. The predicted octanol–water partition coefficient (Wildman–Crippen LogP) is 3.06.